The van der Waals surface area contributed by atoms with Crippen LogP contribution >= 0.6 is 11.6 Å². The molecule has 0 aliphatic carbocycles. The molecule has 7 nitrogen and oxygen atoms in total. The summed E-state index contributed by atoms with van der Waals surface area (Å²) in [4.78, 5) is 35.7. The van der Waals surface area contributed by atoms with Gasteiger partial charge in [0.2, 0.25) is 0 Å². The van der Waals surface area contributed by atoms with E-state index in [1.54, 1.807) is 6.92 Å². The van der Waals surface area contributed by atoms with E-state index in [1.165, 1.54) is 12.3 Å². The maximum Gasteiger partial charge on any atom is 0.340 e. The van der Waals surface area contributed by atoms with Gasteiger partial charge in [-0.25, -0.2) is 14.2 Å². The van der Waals surface area contributed by atoms with E-state index in [1.807, 2.05) is 20.8 Å². The van der Waals surface area contributed by atoms with E-state index in [0.717, 1.165) is 19.0 Å². The van der Waals surface area contributed by atoms with E-state index in [-0.39, 0.29) is 22.9 Å². The van der Waals surface area contributed by atoms with Crippen LogP contribution in [0, 0.1) is 11.2 Å². The number of pyridine rings is 2. The molecular weight excluding hydrogens is 473 g/mol. The van der Waals surface area contributed by atoms with Crippen molar-refractivity contribution in [3.8, 4) is 11.1 Å². The Hall–Kier alpha value is -2.58. The number of halogens is 2. The number of aromatic nitrogens is 2. The fourth-order valence-electron chi connectivity index (χ4n) is 4.19. The number of hydrogen-bond donors (Lipinski definition) is 0. The van der Waals surface area contributed by atoms with Gasteiger partial charge in [0.1, 0.15) is 16.7 Å². The topological polar surface area (TPSA) is 81.6 Å². The highest BCUT2D eigenvalue weighted by molar-refractivity contribution is 6.31. The molecule has 0 aromatic carbocycles. The molecule has 9 heteroatoms. The summed E-state index contributed by atoms with van der Waals surface area (Å²) in [6, 6.07) is 1.29. The highest BCUT2D eigenvalue weighted by Crippen LogP contribution is 2.46. The largest absolute Gasteiger partial charge is 0.464 e. The molecule has 0 radical (unpaired) electrons. The molecule has 3 heterocycles. The third kappa shape index (κ3) is 6.35. The summed E-state index contributed by atoms with van der Waals surface area (Å²) in [7, 11) is 0. The summed E-state index contributed by atoms with van der Waals surface area (Å²) < 4.78 is 25.8. The number of rotatable bonds is 7. The van der Waals surface area contributed by atoms with Crippen molar-refractivity contribution in [2.75, 3.05) is 24.6 Å². The summed E-state index contributed by atoms with van der Waals surface area (Å²) >= 11 is 6.67. The van der Waals surface area contributed by atoms with Crippen LogP contribution in [0.1, 0.15) is 76.5 Å². The van der Waals surface area contributed by atoms with Gasteiger partial charge >= 0.3 is 5.97 Å². The highest BCUT2D eigenvalue weighted by atomic mass is 35.5. The first-order chi connectivity index (χ1) is 16.4. The molecule has 1 fully saturated rings. The van der Waals surface area contributed by atoms with Crippen molar-refractivity contribution in [2.24, 2.45) is 5.41 Å². The van der Waals surface area contributed by atoms with Gasteiger partial charge in [-0.15, -0.1) is 0 Å². The van der Waals surface area contributed by atoms with Crippen LogP contribution < -0.4 is 4.90 Å². The minimum absolute atomic E-state index is 0.0318. The summed E-state index contributed by atoms with van der Waals surface area (Å²) in [6.45, 7) is 13.0. The lowest BCUT2D eigenvalue weighted by molar-refractivity contribution is -0.166. The minimum Gasteiger partial charge on any atom is -0.464 e. The lowest BCUT2D eigenvalue weighted by atomic mass is 9.82. The molecule has 190 valence electrons. The Morgan fingerprint density at radius 3 is 2.49 bits per heavy atom. The Labute approximate surface area is 211 Å². The Balaban J connectivity index is 2.36. The second kappa shape index (κ2) is 10.6. The monoisotopic (exact) mass is 505 g/mol. The number of ether oxygens (including phenoxy) is 2. The van der Waals surface area contributed by atoms with E-state index >= 15 is 0 Å². The number of esters is 1. The molecule has 3 rings (SSSR count). The SMILES string of the molecule is CCOC(=O)[C@@H](OC(C)(C)C)c1c(Cl)nc(C=O)c(-c2cncc(F)c2)c1N1CCC(C)(C)CC1. The van der Waals surface area contributed by atoms with Crippen molar-refractivity contribution < 1.29 is 23.5 Å². The number of carbonyl (C=O) groups is 2. The number of anilines is 1. The Morgan fingerprint density at radius 2 is 1.94 bits per heavy atom. The first-order valence-electron chi connectivity index (χ1n) is 11.8. The minimum atomic E-state index is -1.21. The molecule has 1 atom stereocenters. The normalized spacial score (nSPS) is 16.6. The van der Waals surface area contributed by atoms with Crippen LogP contribution in [-0.4, -0.2) is 47.5 Å². The summed E-state index contributed by atoms with van der Waals surface area (Å²) in [5.74, 6) is -1.18. The molecule has 0 spiro atoms. The lowest BCUT2D eigenvalue weighted by Crippen LogP contribution is -2.39. The van der Waals surface area contributed by atoms with Gasteiger partial charge in [0.25, 0.3) is 0 Å². The fraction of sp³-hybridized carbons (Fsp3) is 0.538. The third-order valence-electron chi connectivity index (χ3n) is 5.96. The van der Waals surface area contributed by atoms with Crippen LogP contribution in [0.15, 0.2) is 18.5 Å². The maximum atomic E-state index is 14.2. The van der Waals surface area contributed by atoms with Gasteiger partial charge in [0.15, 0.2) is 12.4 Å². The number of aldehydes is 1. The van der Waals surface area contributed by atoms with Crippen LogP contribution in [0.3, 0.4) is 0 Å². The van der Waals surface area contributed by atoms with Crippen LogP contribution in [0.4, 0.5) is 10.1 Å². The average molecular weight is 506 g/mol. The van der Waals surface area contributed by atoms with E-state index in [0.29, 0.717) is 41.8 Å². The van der Waals surface area contributed by atoms with Crippen molar-refractivity contribution in [3.05, 3.63) is 40.7 Å². The van der Waals surface area contributed by atoms with E-state index < -0.39 is 23.5 Å². The molecule has 35 heavy (non-hydrogen) atoms. The summed E-state index contributed by atoms with van der Waals surface area (Å²) in [5, 5.41) is -0.0395. The predicted molar refractivity (Wildman–Crippen MR) is 133 cm³/mol. The Morgan fingerprint density at radius 1 is 1.29 bits per heavy atom. The molecule has 2 aromatic heterocycles. The molecule has 1 aliphatic rings. The third-order valence-corrected chi connectivity index (χ3v) is 6.25. The van der Waals surface area contributed by atoms with E-state index in [4.69, 9.17) is 21.1 Å². The zero-order chi connectivity index (χ0) is 26.0. The number of hydrogen-bond acceptors (Lipinski definition) is 7. The number of piperidine rings is 1. The molecule has 0 bridgehead atoms. The number of nitrogens with zero attached hydrogens (tertiary/aromatic N) is 3. The van der Waals surface area contributed by atoms with Crippen molar-refractivity contribution >= 4 is 29.5 Å². The zero-order valence-electron chi connectivity index (χ0n) is 21.2. The maximum absolute atomic E-state index is 14.2. The predicted octanol–water partition coefficient (Wildman–Crippen LogP) is 5.79. The van der Waals surface area contributed by atoms with Crippen LogP contribution in [0.2, 0.25) is 5.15 Å². The quantitative estimate of drug-likeness (QED) is 0.267. The van der Waals surface area contributed by atoms with Crippen molar-refractivity contribution in [3.63, 3.8) is 0 Å². The molecule has 2 aromatic rings. The van der Waals surface area contributed by atoms with Crippen LogP contribution in [0.5, 0.6) is 0 Å². The van der Waals surface area contributed by atoms with Crippen molar-refractivity contribution in [1.29, 1.82) is 0 Å². The summed E-state index contributed by atoms with van der Waals surface area (Å²) in [6.07, 6.45) is 3.66. The summed E-state index contributed by atoms with van der Waals surface area (Å²) in [5.41, 5.74) is 0.954. The molecular formula is C26H33ClFN3O4. The lowest BCUT2D eigenvalue weighted by Gasteiger charge is -2.41. The zero-order valence-corrected chi connectivity index (χ0v) is 21.9. The van der Waals surface area contributed by atoms with Crippen LogP contribution in [0.25, 0.3) is 11.1 Å². The van der Waals surface area contributed by atoms with Gasteiger partial charge in [0, 0.05) is 30.4 Å². The second-order valence-electron chi connectivity index (χ2n) is 10.4. The van der Waals surface area contributed by atoms with Gasteiger partial charge in [0.05, 0.1) is 29.7 Å². The van der Waals surface area contributed by atoms with Crippen molar-refractivity contribution in [2.45, 2.75) is 66.1 Å². The number of carbonyl (C=O) groups excluding carboxylic acids is 2. The highest BCUT2D eigenvalue weighted by Gasteiger charge is 2.38. The molecule has 1 saturated heterocycles. The fourth-order valence-corrected chi connectivity index (χ4v) is 4.47. The van der Waals surface area contributed by atoms with Gasteiger partial charge < -0.3 is 14.4 Å². The molecule has 0 unspecified atom stereocenters. The first kappa shape index (κ1) is 27.0. The van der Waals surface area contributed by atoms with Gasteiger partial charge in [-0.3, -0.25) is 9.78 Å². The van der Waals surface area contributed by atoms with E-state index in [2.05, 4.69) is 28.7 Å². The van der Waals surface area contributed by atoms with Crippen molar-refractivity contribution in [1.82, 2.24) is 9.97 Å². The Kier molecular flexibility index (Phi) is 8.17. The standard InChI is InChI=1S/C26H33ClFN3O4/c1-7-34-24(33)22(35-25(2,3)4)20-21(31-10-8-26(5,6)9-11-31)19(18(15-32)30-23(20)27)16-12-17(28)14-29-13-16/h12-15,22H,7-11H2,1-6H3/t22-/m0/s1. The van der Waals surface area contributed by atoms with Gasteiger partial charge in [-0.1, -0.05) is 25.4 Å². The smallest absolute Gasteiger partial charge is 0.340 e. The first-order valence-corrected chi connectivity index (χ1v) is 12.1. The van der Waals surface area contributed by atoms with Crippen LogP contribution in [-0.2, 0) is 14.3 Å². The molecule has 0 saturated carbocycles. The Bertz CT molecular complexity index is 1090. The molecule has 0 amide bonds. The second-order valence-corrected chi connectivity index (χ2v) is 10.8. The van der Waals surface area contributed by atoms with Gasteiger partial charge in [-0.2, -0.15) is 0 Å². The average Bonchev–Trinajstić information content (AvgIpc) is 2.76. The van der Waals surface area contributed by atoms with Gasteiger partial charge in [-0.05, 0) is 52.0 Å². The molecule has 0 N–H and O–H groups in total. The molecule has 1 aliphatic heterocycles. The van der Waals surface area contributed by atoms with E-state index in [9.17, 15) is 14.0 Å².